The van der Waals surface area contributed by atoms with E-state index in [4.69, 9.17) is 21.1 Å². The lowest BCUT2D eigenvalue weighted by Crippen LogP contribution is -2.21. The molecule has 24 heavy (non-hydrogen) atoms. The Morgan fingerprint density at radius 1 is 1.04 bits per heavy atom. The van der Waals surface area contributed by atoms with Gasteiger partial charge in [-0.3, -0.25) is 4.79 Å². The number of hydrogen-bond donors (Lipinski definition) is 2. The van der Waals surface area contributed by atoms with Gasteiger partial charge < -0.3 is 20.1 Å². The van der Waals surface area contributed by atoms with Crippen LogP contribution >= 0.6 is 11.6 Å². The van der Waals surface area contributed by atoms with Gasteiger partial charge in [0, 0.05) is 11.6 Å². The molecule has 0 saturated heterocycles. The fraction of sp³-hybridized carbons (Fsp3) is 0.167. The second kappa shape index (κ2) is 7.75. The number of para-hydroxylation sites is 2. The van der Waals surface area contributed by atoms with Crippen LogP contribution in [-0.4, -0.2) is 19.1 Å². The molecule has 0 bridgehead atoms. The summed E-state index contributed by atoms with van der Waals surface area (Å²) in [5, 5.41) is 6.84. The summed E-state index contributed by atoms with van der Waals surface area (Å²) in [6.45, 7) is 1.44. The lowest BCUT2D eigenvalue weighted by atomic mass is 10.2. The molecular weight excluding hydrogens is 328 g/mol. The molecular formula is C18H17ClN2O3. The Hall–Kier alpha value is -2.66. The van der Waals surface area contributed by atoms with Crippen LogP contribution in [0.3, 0.4) is 0 Å². The minimum atomic E-state index is -0.338. The number of carbonyl (C=O) groups excluding carboxylic acids is 1. The van der Waals surface area contributed by atoms with E-state index in [0.717, 1.165) is 11.3 Å². The Labute approximate surface area is 145 Å². The smallest absolute Gasteiger partial charge is 0.294 e. The van der Waals surface area contributed by atoms with Gasteiger partial charge in [0.05, 0.1) is 11.4 Å². The van der Waals surface area contributed by atoms with E-state index in [1.165, 1.54) is 6.26 Å². The molecule has 0 aromatic heterocycles. The second-order valence-corrected chi connectivity index (χ2v) is 5.62. The van der Waals surface area contributed by atoms with E-state index in [-0.39, 0.29) is 11.7 Å². The summed E-state index contributed by atoms with van der Waals surface area (Å²) in [5.74, 6) is -0.163. The molecule has 0 radical (unpaired) electrons. The highest BCUT2D eigenvalue weighted by Gasteiger charge is 2.16. The minimum Gasteiger partial charge on any atom is -0.494 e. The molecule has 1 amide bonds. The molecule has 2 N–H and O–H groups in total. The van der Waals surface area contributed by atoms with Crippen molar-refractivity contribution in [2.75, 3.05) is 23.8 Å². The molecule has 2 aromatic rings. The summed E-state index contributed by atoms with van der Waals surface area (Å²) < 4.78 is 10.4. The van der Waals surface area contributed by atoms with Gasteiger partial charge in [-0.2, -0.15) is 0 Å². The maximum Gasteiger partial charge on any atom is 0.294 e. The zero-order valence-electron chi connectivity index (χ0n) is 12.9. The van der Waals surface area contributed by atoms with Gasteiger partial charge in [-0.05, 0) is 29.8 Å². The van der Waals surface area contributed by atoms with Gasteiger partial charge in [0.2, 0.25) is 5.76 Å². The van der Waals surface area contributed by atoms with E-state index in [9.17, 15) is 4.79 Å². The zero-order chi connectivity index (χ0) is 16.8. The van der Waals surface area contributed by atoms with E-state index in [0.29, 0.717) is 30.5 Å². The van der Waals surface area contributed by atoms with Crippen LogP contribution in [0.5, 0.6) is 0 Å². The lowest BCUT2D eigenvalue weighted by molar-refractivity contribution is -0.117. The van der Waals surface area contributed by atoms with Crippen molar-refractivity contribution < 1.29 is 14.3 Å². The number of carbonyl (C=O) groups is 1. The summed E-state index contributed by atoms with van der Waals surface area (Å²) >= 11 is 5.89. The Balaban J connectivity index is 1.67. The molecule has 1 aliphatic heterocycles. The number of amides is 1. The normalized spacial score (nSPS) is 13.3. The number of hydrogen-bond acceptors (Lipinski definition) is 4. The fourth-order valence-electron chi connectivity index (χ4n) is 2.22. The van der Waals surface area contributed by atoms with E-state index in [1.54, 1.807) is 0 Å². The molecule has 1 aliphatic rings. The van der Waals surface area contributed by atoms with Gasteiger partial charge >= 0.3 is 0 Å². The SMILES string of the molecule is O=C(Nc1ccccc1NCc1ccc(Cl)cc1)C1=COCCO1. The maximum absolute atomic E-state index is 12.2. The maximum atomic E-state index is 12.2. The van der Waals surface area contributed by atoms with Crippen LogP contribution in [0.4, 0.5) is 11.4 Å². The molecule has 0 aliphatic carbocycles. The highest BCUT2D eigenvalue weighted by atomic mass is 35.5. The van der Waals surface area contributed by atoms with Crippen LogP contribution in [0.25, 0.3) is 0 Å². The van der Waals surface area contributed by atoms with Crippen LogP contribution in [0.1, 0.15) is 5.56 Å². The average molecular weight is 345 g/mol. The monoisotopic (exact) mass is 344 g/mol. The molecule has 6 heteroatoms. The predicted octanol–water partition coefficient (Wildman–Crippen LogP) is 3.78. The van der Waals surface area contributed by atoms with Gasteiger partial charge in [0.25, 0.3) is 5.91 Å². The van der Waals surface area contributed by atoms with Crippen LogP contribution in [0, 0.1) is 0 Å². The van der Waals surface area contributed by atoms with Crippen molar-refractivity contribution in [3.05, 3.63) is 71.1 Å². The van der Waals surface area contributed by atoms with Crippen LogP contribution < -0.4 is 10.6 Å². The fourth-order valence-corrected chi connectivity index (χ4v) is 2.34. The van der Waals surface area contributed by atoms with Crippen molar-refractivity contribution in [1.82, 2.24) is 0 Å². The minimum absolute atomic E-state index is 0.175. The first-order valence-corrected chi connectivity index (χ1v) is 7.93. The molecule has 0 saturated carbocycles. The van der Waals surface area contributed by atoms with Crippen LogP contribution in [-0.2, 0) is 20.8 Å². The van der Waals surface area contributed by atoms with Gasteiger partial charge in [0.15, 0.2) is 0 Å². The third-order valence-electron chi connectivity index (χ3n) is 3.44. The van der Waals surface area contributed by atoms with E-state index in [1.807, 2.05) is 48.5 Å². The highest BCUT2D eigenvalue weighted by Crippen LogP contribution is 2.23. The first kappa shape index (κ1) is 16.2. The molecule has 0 unspecified atom stereocenters. The summed E-state index contributed by atoms with van der Waals surface area (Å²) in [6.07, 6.45) is 1.34. The number of ether oxygens (including phenoxy) is 2. The highest BCUT2D eigenvalue weighted by molar-refractivity contribution is 6.30. The second-order valence-electron chi connectivity index (χ2n) is 5.18. The van der Waals surface area contributed by atoms with E-state index >= 15 is 0 Å². The largest absolute Gasteiger partial charge is 0.494 e. The molecule has 2 aromatic carbocycles. The van der Waals surface area contributed by atoms with Crippen LogP contribution in [0.15, 0.2) is 60.6 Å². The van der Waals surface area contributed by atoms with Gasteiger partial charge in [0.1, 0.15) is 19.5 Å². The molecule has 1 heterocycles. The number of nitrogens with one attached hydrogen (secondary N) is 2. The third-order valence-corrected chi connectivity index (χ3v) is 3.70. The standard InChI is InChI=1S/C18H17ClN2O3/c19-14-7-5-13(6-8-14)11-20-15-3-1-2-4-16(15)21-18(22)17-12-23-9-10-24-17/h1-8,12,20H,9-11H2,(H,21,22). The lowest BCUT2D eigenvalue weighted by Gasteiger charge is -2.17. The van der Waals surface area contributed by atoms with E-state index in [2.05, 4.69) is 10.6 Å². The molecule has 3 rings (SSSR count). The third kappa shape index (κ3) is 4.20. The van der Waals surface area contributed by atoms with Crippen molar-refractivity contribution in [3.8, 4) is 0 Å². The van der Waals surface area contributed by atoms with Crippen LogP contribution in [0.2, 0.25) is 5.02 Å². The van der Waals surface area contributed by atoms with Crippen molar-refractivity contribution >= 4 is 28.9 Å². The Morgan fingerprint density at radius 2 is 1.79 bits per heavy atom. The molecule has 0 spiro atoms. The number of halogens is 1. The quantitative estimate of drug-likeness (QED) is 0.866. The van der Waals surface area contributed by atoms with Gasteiger partial charge in [-0.15, -0.1) is 0 Å². The first-order valence-electron chi connectivity index (χ1n) is 7.55. The van der Waals surface area contributed by atoms with Gasteiger partial charge in [-0.25, -0.2) is 0 Å². The number of benzene rings is 2. The van der Waals surface area contributed by atoms with Crippen molar-refractivity contribution in [2.45, 2.75) is 6.54 Å². The van der Waals surface area contributed by atoms with Crippen molar-refractivity contribution in [1.29, 1.82) is 0 Å². The van der Waals surface area contributed by atoms with E-state index < -0.39 is 0 Å². The Bertz CT molecular complexity index is 744. The summed E-state index contributed by atoms with van der Waals surface area (Å²) in [5.41, 5.74) is 2.58. The van der Waals surface area contributed by atoms with Crippen molar-refractivity contribution in [2.24, 2.45) is 0 Å². The summed E-state index contributed by atoms with van der Waals surface area (Å²) in [6, 6.07) is 15.1. The van der Waals surface area contributed by atoms with Gasteiger partial charge in [-0.1, -0.05) is 35.9 Å². The zero-order valence-corrected chi connectivity index (χ0v) is 13.7. The topological polar surface area (TPSA) is 59.6 Å². The molecule has 5 nitrogen and oxygen atoms in total. The number of rotatable bonds is 5. The number of anilines is 2. The average Bonchev–Trinajstić information content (AvgIpc) is 2.63. The summed E-state index contributed by atoms with van der Waals surface area (Å²) in [4.78, 5) is 12.2. The molecule has 0 fully saturated rings. The molecule has 0 atom stereocenters. The predicted molar refractivity (Wildman–Crippen MR) is 93.8 cm³/mol. The van der Waals surface area contributed by atoms with Crippen molar-refractivity contribution in [3.63, 3.8) is 0 Å². The Morgan fingerprint density at radius 3 is 2.50 bits per heavy atom. The molecule has 124 valence electrons. The summed E-state index contributed by atoms with van der Waals surface area (Å²) in [7, 11) is 0. The first-order chi connectivity index (χ1) is 11.7. The Kier molecular flexibility index (Phi) is 5.23.